The summed E-state index contributed by atoms with van der Waals surface area (Å²) in [7, 11) is -4.15. The van der Waals surface area contributed by atoms with Gasteiger partial charge in [-0.05, 0) is 43.7 Å². The predicted octanol–water partition coefficient (Wildman–Crippen LogP) is 1.67. The third-order valence-corrected chi connectivity index (χ3v) is 6.00. The number of benzene rings is 2. The summed E-state index contributed by atoms with van der Waals surface area (Å²) >= 11 is 0. The highest BCUT2D eigenvalue weighted by molar-refractivity contribution is 7.90. The summed E-state index contributed by atoms with van der Waals surface area (Å²) in [6.07, 6.45) is 0.352. The lowest BCUT2D eigenvalue weighted by atomic mass is 9.85. The Bertz CT molecular complexity index is 1040. The third kappa shape index (κ3) is 3.41. The number of nitrogens with one attached hydrogen (secondary N) is 1. The highest BCUT2D eigenvalue weighted by Gasteiger charge is 2.50. The summed E-state index contributed by atoms with van der Waals surface area (Å²) in [4.78, 5) is 26.5. The van der Waals surface area contributed by atoms with Crippen LogP contribution in [0.25, 0.3) is 0 Å². The molecule has 0 bridgehead atoms. The molecule has 1 fully saturated rings. The summed E-state index contributed by atoms with van der Waals surface area (Å²) in [6, 6.07) is 15.7. The molecule has 0 aromatic heterocycles. The molecule has 1 aliphatic heterocycles. The lowest BCUT2D eigenvalue weighted by Gasteiger charge is -2.48. The van der Waals surface area contributed by atoms with Gasteiger partial charge in [-0.2, -0.15) is 5.26 Å². The number of sulfonamides is 1. The maximum atomic E-state index is 12.7. The van der Waals surface area contributed by atoms with Gasteiger partial charge in [0.15, 0.2) is 0 Å². The third-order valence-electron chi connectivity index (χ3n) is 4.67. The Morgan fingerprint density at radius 2 is 1.85 bits per heavy atom. The fraction of sp³-hybridized carbons (Fsp3) is 0.211. The van der Waals surface area contributed by atoms with E-state index in [1.54, 1.807) is 30.3 Å². The molecule has 2 aromatic carbocycles. The minimum Gasteiger partial charge on any atom is -0.324 e. The van der Waals surface area contributed by atoms with Crippen LogP contribution in [-0.4, -0.2) is 37.2 Å². The van der Waals surface area contributed by atoms with Crippen molar-refractivity contribution in [2.75, 3.05) is 6.54 Å². The lowest BCUT2D eigenvalue weighted by molar-refractivity contribution is -0.135. The zero-order valence-electron chi connectivity index (χ0n) is 14.5. The molecule has 7 nitrogen and oxygen atoms in total. The van der Waals surface area contributed by atoms with E-state index >= 15 is 0 Å². The van der Waals surface area contributed by atoms with Crippen molar-refractivity contribution in [3.8, 4) is 6.07 Å². The van der Waals surface area contributed by atoms with E-state index in [9.17, 15) is 18.0 Å². The van der Waals surface area contributed by atoms with E-state index in [-0.39, 0.29) is 16.4 Å². The minimum atomic E-state index is -4.15. The van der Waals surface area contributed by atoms with Crippen LogP contribution in [0, 0.1) is 11.3 Å². The summed E-state index contributed by atoms with van der Waals surface area (Å²) in [5.74, 6) is -1.11. The fourth-order valence-electron chi connectivity index (χ4n) is 2.88. The second-order valence-corrected chi connectivity index (χ2v) is 8.10. The Morgan fingerprint density at radius 3 is 2.44 bits per heavy atom. The van der Waals surface area contributed by atoms with Crippen molar-refractivity contribution in [2.45, 2.75) is 23.8 Å². The number of hydrogen-bond donors (Lipinski definition) is 1. The smallest absolute Gasteiger partial charge is 0.264 e. The molecule has 1 N–H and O–H groups in total. The molecule has 0 spiro atoms. The normalized spacial score (nSPS) is 18.9. The average molecular weight is 383 g/mol. The zero-order valence-corrected chi connectivity index (χ0v) is 15.4. The van der Waals surface area contributed by atoms with Crippen LogP contribution < -0.4 is 4.72 Å². The summed E-state index contributed by atoms with van der Waals surface area (Å²) in [6.45, 7) is 1.90. The molecular formula is C19H17N3O4S. The average Bonchev–Trinajstić information content (AvgIpc) is 2.66. The van der Waals surface area contributed by atoms with Crippen molar-refractivity contribution < 1.29 is 18.0 Å². The zero-order chi connectivity index (χ0) is 19.7. The molecule has 8 heteroatoms. The van der Waals surface area contributed by atoms with Gasteiger partial charge >= 0.3 is 0 Å². The molecule has 2 aromatic rings. The molecule has 2 amide bonds. The maximum Gasteiger partial charge on any atom is 0.264 e. The van der Waals surface area contributed by atoms with Gasteiger partial charge in [0.25, 0.3) is 21.8 Å². The van der Waals surface area contributed by atoms with Crippen LogP contribution in [0.2, 0.25) is 0 Å². The van der Waals surface area contributed by atoms with Crippen LogP contribution in [0.1, 0.15) is 29.3 Å². The topological polar surface area (TPSA) is 107 Å². The largest absolute Gasteiger partial charge is 0.324 e. The van der Waals surface area contributed by atoms with Gasteiger partial charge in [-0.1, -0.05) is 24.3 Å². The number of rotatable bonds is 4. The summed E-state index contributed by atoms with van der Waals surface area (Å²) in [5, 5.41) is 8.91. The molecule has 0 saturated carbocycles. The molecule has 1 heterocycles. The molecule has 1 aliphatic rings. The van der Waals surface area contributed by atoms with Crippen molar-refractivity contribution in [1.29, 1.82) is 5.26 Å². The highest BCUT2D eigenvalue weighted by atomic mass is 32.2. The van der Waals surface area contributed by atoms with Crippen molar-refractivity contribution in [2.24, 2.45) is 0 Å². The SMILES string of the molecule is CC1(C(=O)NS(=O)(=O)c2cccc(C#N)c2)CCN1C(=O)c1ccccc1. The van der Waals surface area contributed by atoms with Crippen LogP contribution in [-0.2, 0) is 14.8 Å². The number of carbonyl (C=O) groups excluding carboxylic acids is 2. The predicted molar refractivity (Wildman–Crippen MR) is 97.0 cm³/mol. The Morgan fingerprint density at radius 1 is 1.15 bits per heavy atom. The first-order valence-electron chi connectivity index (χ1n) is 8.22. The molecule has 27 heavy (non-hydrogen) atoms. The van der Waals surface area contributed by atoms with Gasteiger partial charge in [0.2, 0.25) is 0 Å². The van der Waals surface area contributed by atoms with E-state index in [0.717, 1.165) is 0 Å². The van der Waals surface area contributed by atoms with Crippen LogP contribution in [0.4, 0.5) is 0 Å². The van der Waals surface area contributed by atoms with Gasteiger partial charge in [-0.3, -0.25) is 9.59 Å². The van der Waals surface area contributed by atoms with E-state index < -0.39 is 21.5 Å². The molecule has 0 radical (unpaired) electrons. The molecule has 1 unspecified atom stereocenters. The number of amides is 2. The molecule has 1 saturated heterocycles. The van der Waals surface area contributed by atoms with E-state index in [0.29, 0.717) is 18.5 Å². The number of nitriles is 1. The molecule has 3 rings (SSSR count). The second-order valence-electron chi connectivity index (χ2n) is 6.42. The van der Waals surface area contributed by atoms with Crippen LogP contribution in [0.15, 0.2) is 59.5 Å². The minimum absolute atomic E-state index is 0.168. The Hall–Kier alpha value is -3.18. The van der Waals surface area contributed by atoms with Crippen molar-refractivity contribution in [3.63, 3.8) is 0 Å². The number of likely N-dealkylation sites (tertiary alicyclic amines) is 1. The van der Waals surface area contributed by atoms with E-state index in [1.807, 2.05) is 10.8 Å². The van der Waals surface area contributed by atoms with Crippen molar-refractivity contribution in [1.82, 2.24) is 9.62 Å². The van der Waals surface area contributed by atoms with Gasteiger partial charge in [0.05, 0.1) is 16.5 Å². The molecular weight excluding hydrogens is 366 g/mol. The first kappa shape index (κ1) is 18.6. The number of carbonyl (C=O) groups is 2. The second kappa shape index (κ2) is 6.85. The van der Waals surface area contributed by atoms with Crippen molar-refractivity contribution >= 4 is 21.8 Å². The molecule has 1 atom stereocenters. The molecule has 138 valence electrons. The Balaban J connectivity index is 1.81. The van der Waals surface area contributed by atoms with Gasteiger partial charge < -0.3 is 4.90 Å². The lowest BCUT2D eigenvalue weighted by Crippen LogP contribution is -2.67. The monoisotopic (exact) mass is 383 g/mol. The van der Waals surface area contributed by atoms with Gasteiger partial charge in [-0.15, -0.1) is 0 Å². The van der Waals surface area contributed by atoms with Gasteiger partial charge in [-0.25, -0.2) is 13.1 Å². The maximum absolute atomic E-state index is 12.7. The van der Waals surface area contributed by atoms with E-state index in [2.05, 4.69) is 0 Å². The van der Waals surface area contributed by atoms with Gasteiger partial charge in [0, 0.05) is 12.1 Å². The quantitative estimate of drug-likeness (QED) is 0.864. The van der Waals surface area contributed by atoms with E-state index in [1.165, 1.54) is 36.1 Å². The first-order valence-corrected chi connectivity index (χ1v) is 9.71. The van der Waals surface area contributed by atoms with E-state index in [4.69, 9.17) is 5.26 Å². The molecule has 0 aliphatic carbocycles. The summed E-state index contributed by atoms with van der Waals surface area (Å²) in [5.41, 5.74) is -0.658. The number of nitrogens with zero attached hydrogens (tertiary/aromatic N) is 2. The Kier molecular flexibility index (Phi) is 4.72. The highest BCUT2D eigenvalue weighted by Crippen LogP contribution is 2.32. The summed E-state index contributed by atoms with van der Waals surface area (Å²) < 4.78 is 27.0. The van der Waals surface area contributed by atoms with Crippen LogP contribution in [0.5, 0.6) is 0 Å². The van der Waals surface area contributed by atoms with Crippen molar-refractivity contribution in [3.05, 3.63) is 65.7 Å². The van der Waals surface area contributed by atoms with Gasteiger partial charge in [0.1, 0.15) is 5.54 Å². The first-order chi connectivity index (χ1) is 12.8. The Labute approximate surface area is 157 Å². The fourth-order valence-corrected chi connectivity index (χ4v) is 4.00. The standard InChI is InChI=1S/C19H17N3O4S/c1-19(10-11-22(19)17(23)15-7-3-2-4-8-15)18(24)21-27(25,26)16-9-5-6-14(12-16)13-20/h2-9,12H,10-11H2,1H3,(H,21,24). The van der Waals surface area contributed by atoms with Crippen LogP contribution >= 0.6 is 0 Å². The number of hydrogen-bond acceptors (Lipinski definition) is 5. The van der Waals surface area contributed by atoms with Crippen LogP contribution in [0.3, 0.4) is 0 Å².